The molecule has 2 amide bonds. The number of rotatable bonds is 6. The van der Waals surface area contributed by atoms with E-state index in [1.807, 2.05) is 0 Å². The minimum Gasteiger partial charge on any atom is -0.481 e. The molecule has 1 atom stereocenters. The summed E-state index contributed by atoms with van der Waals surface area (Å²) in [5, 5.41) is 3.04. The Morgan fingerprint density at radius 3 is 2.46 bits per heavy atom. The van der Waals surface area contributed by atoms with Crippen molar-refractivity contribution in [2.24, 2.45) is 5.92 Å². The predicted octanol–water partition coefficient (Wildman–Crippen LogP) is 2.17. The van der Waals surface area contributed by atoms with Gasteiger partial charge in [-0.05, 0) is 51.7 Å². The summed E-state index contributed by atoms with van der Waals surface area (Å²) in [6, 6.07) is 7.23. The minimum absolute atomic E-state index is 0.00289. The fourth-order valence-corrected chi connectivity index (χ4v) is 3.21. The summed E-state index contributed by atoms with van der Waals surface area (Å²) >= 11 is 0. The molecule has 0 spiro atoms. The number of nitrogens with one attached hydrogen (secondary N) is 1. The topological polar surface area (TPSA) is 75.7 Å². The number of benzene rings is 1. The lowest BCUT2D eigenvalue weighted by atomic mass is 9.95. The fourth-order valence-electron chi connectivity index (χ4n) is 3.21. The molecule has 2 fully saturated rings. The van der Waals surface area contributed by atoms with Crippen molar-refractivity contribution < 1.29 is 19.1 Å². The van der Waals surface area contributed by atoms with Crippen LogP contribution in [0.3, 0.4) is 0 Å². The minimum atomic E-state index is -0.631. The van der Waals surface area contributed by atoms with Gasteiger partial charge in [-0.3, -0.25) is 14.4 Å². The number of nitrogens with zero attached hydrogens (tertiary/aromatic N) is 1. The van der Waals surface area contributed by atoms with E-state index < -0.39 is 6.10 Å². The molecule has 0 bridgehead atoms. The maximum atomic E-state index is 12.6. The number of carbonyl (C=O) groups excluding carboxylic acids is 3. The van der Waals surface area contributed by atoms with E-state index in [-0.39, 0.29) is 23.5 Å². The van der Waals surface area contributed by atoms with Crippen molar-refractivity contribution in [2.45, 2.75) is 51.7 Å². The van der Waals surface area contributed by atoms with E-state index >= 15 is 0 Å². The van der Waals surface area contributed by atoms with Crippen LogP contribution in [0.15, 0.2) is 24.3 Å². The Labute approximate surface area is 153 Å². The SMILES string of the molecule is CC(=O)c1cccc(OC(C)C(=O)N2CCC(C(=O)NC3CC3)CC2)c1. The lowest BCUT2D eigenvalue weighted by molar-refractivity contribution is -0.141. The summed E-state index contributed by atoms with van der Waals surface area (Å²) in [5.74, 6) is 0.519. The quantitative estimate of drug-likeness (QED) is 0.791. The first-order chi connectivity index (χ1) is 12.4. The first-order valence-electron chi connectivity index (χ1n) is 9.31. The molecule has 1 aromatic carbocycles. The second-order valence-corrected chi connectivity index (χ2v) is 7.23. The fraction of sp³-hybridized carbons (Fsp3) is 0.550. The van der Waals surface area contributed by atoms with E-state index in [1.165, 1.54) is 6.92 Å². The molecule has 1 aliphatic carbocycles. The molecule has 140 valence electrons. The molecule has 26 heavy (non-hydrogen) atoms. The summed E-state index contributed by atoms with van der Waals surface area (Å²) in [6.45, 7) is 4.36. The molecular formula is C20H26N2O4. The highest BCUT2D eigenvalue weighted by Crippen LogP contribution is 2.23. The zero-order valence-corrected chi connectivity index (χ0v) is 15.4. The Kier molecular flexibility index (Phi) is 5.59. The number of piperidine rings is 1. The summed E-state index contributed by atoms with van der Waals surface area (Å²) in [4.78, 5) is 38.0. The molecule has 1 saturated carbocycles. The monoisotopic (exact) mass is 358 g/mol. The highest BCUT2D eigenvalue weighted by Gasteiger charge is 2.32. The van der Waals surface area contributed by atoms with Crippen molar-refractivity contribution >= 4 is 17.6 Å². The molecule has 1 aliphatic heterocycles. The number of hydrogen-bond donors (Lipinski definition) is 1. The van der Waals surface area contributed by atoms with Gasteiger partial charge >= 0.3 is 0 Å². The van der Waals surface area contributed by atoms with Crippen molar-refractivity contribution in [3.63, 3.8) is 0 Å². The van der Waals surface area contributed by atoms with Crippen LogP contribution in [0.5, 0.6) is 5.75 Å². The third kappa shape index (κ3) is 4.62. The van der Waals surface area contributed by atoms with Crippen LogP contribution in [0.4, 0.5) is 0 Å². The van der Waals surface area contributed by atoms with Crippen molar-refractivity contribution in [2.75, 3.05) is 13.1 Å². The van der Waals surface area contributed by atoms with E-state index in [4.69, 9.17) is 4.74 Å². The van der Waals surface area contributed by atoms with Crippen LogP contribution in [0, 0.1) is 5.92 Å². The summed E-state index contributed by atoms with van der Waals surface area (Å²) in [5.41, 5.74) is 0.560. The first-order valence-corrected chi connectivity index (χ1v) is 9.31. The highest BCUT2D eigenvalue weighted by atomic mass is 16.5. The smallest absolute Gasteiger partial charge is 0.263 e. The van der Waals surface area contributed by atoms with Gasteiger partial charge in [-0.2, -0.15) is 0 Å². The maximum absolute atomic E-state index is 12.6. The van der Waals surface area contributed by atoms with E-state index in [1.54, 1.807) is 36.1 Å². The Morgan fingerprint density at radius 2 is 1.85 bits per heavy atom. The zero-order chi connectivity index (χ0) is 18.7. The summed E-state index contributed by atoms with van der Waals surface area (Å²) in [6.07, 6.45) is 2.92. The van der Waals surface area contributed by atoms with Crippen LogP contribution >= 0.6 is 0 Å². The van der Waals surface area contributed by atoms with Crippen molar-refractivity contribution in [3.05, 3.63) is 29.8 Å². The molecule has 2 aliphatic rings. The van der Waals surface area contributed by atoms with Gasteiger partial charge in [0.05, 0.1) is 0 Å². The van der Waals surface area contributed by atoms with Gasteiger partial charge in [-0.1, -0.05) is 12.1 Å². The van der Waals surface area contributed by atoms with Gasteiger partial charge in [-0.15, -0.1) is 0 Å². The van der Waals surface area contributed by atoms with Crippen LogP contribution in [0.2, 0.25) is 0 Å². The Balaban J connectivity index is 1.50. The predicted molar refractivity (Wildman–Crippen MR) is 97.0 cm³/mol. The van der Waals surface area contributed by atoms with Crippen molar-refractivity contribution in [1.82, 2.24) is 10.2 Å². The van der Waals surface area contributed by atoms with Crippen molar-refractivity contribution in [1.29, 1.82) is 0 Å². The average Bonchev–Trinajstić information content (AvgIpc) is 3.45. The Bertz CT molecular complexity index is 691. The summed E-state index contributed by atoms with van der Waals surface area (Å²) < 4.78 is 5.73. The molecule has 0 aromatic heterocycles. The number of ether oxygens (including phenoxy) is 1. The lowest BCUT2D eigenvalue weighted by Crippen LogP contribution is -2.47. The Morgan fingerprint density at radius 1 is 1.15 bits per heavy atom. The zero-order valence-electron chi connectivity index (χ0n) is 15.4. The number of likely N-dealkylation sites (tertiary alicyclic amines) is 1. The number of carbonyl (C=O) groups is 3. The third-order valence-electron chi connectivity index (χ3n) is 5.00. The number of amides is 2. The second kappa shape index (κ2) is 7.89. The second-order valence-electron chi connectivity index (χ2n) is 7.23. The normalized spacial score (nSPS) is 18.9. The molecule has 3 rings (SSSR count). The van der Waals surface area contributed by atoms with Crippen molar-refractivity contribution in [3.8, 4) is 5.75 Å². The van der Waals surface area contributed by atoms with Gasteiger partial charge in [0.15, 0.2) is 11.9 Å². The van der Waals surface area contributed by atoms with Crippen LogP contribution in [0.1, 0.15) is 49.9 Å². The highest BCUT2D eigenvalue weighted by molar-refractivity contribution is 5.94. The van der Waals surface area contributed by atoms with Gasteiger partial charge in [-0.25, -0.2) is 0 Å². The first kappa shape index (κ1) is 18.4. The average molecular weight is 358 g/mol. The lowest BCUT2D eigenvalue weighted by Gasteiger charge is -2.33. The van der Waals surface area contributed by atoms with Crippen LogP contribution in [0.25, 0.3) is 0 Å². The molecule has 0 radical (unpaired) electrons. The van der Waals surface area contributed by atoms with E-state index in [9.17, 15) is 14.4 Å². The molecule has 6 nitrogen and oxygen atoms in total. The number of Topliss-reactive ketones (excluding diaryl/α,β-unsaturated/α-hetero) is 1. The largest absolute Gasteiger partial charge is 0.481 e. The van der Waals surface area contributed by atoms with Gasteiger partial charge in [0.1, 0.15) is 5.75 Å². The molecular weight excluding hydrogens is 332 g/mol. The van der Waals surface area contributed by atoms with Crippen LogP contribution in [-0.4, -0.2) is 47.7 Å². The molecule has 1 N–H and O–H groups in total. The molecule has 1 aromatic rings. The summed E-state index contributed by atoms with van der Waals surface area (Å²) in [7, 11) is 0. The van der Waals surface area contributed by atoms with Gasteiger partial charge in [0, 0.05) is 30.6 Å². The molecule has 6 heteroatoms. The van der Waals surface area contributed by atoms with E-state index in [0.29, 0.717) is 43.3 Å². The third-order valence-corrected chi connectivity index (χ3v) is 5.00. The number of hydrogen-bond acceptors (Lipinski definition) is 4. The van der Waals surface area contributed by atoms with Crippen LogP contribution < -0.4 is 10.1 Å². The van der Waals surface area contributed by atoms with Gasteiger partial charge in [0.2, 0.25) is 5.91 Å². The standard InChI is InChI=1S/C20H26N2O4/c1-13(23)16-4-3-5-18(12-16)26-14(2)20(25)22-10-8-15(9-11-22)19(24)21-17-6-7-17/h3-5,12,14-15,17H,6-11H2,1-2H3,(H,21,24). The Hall–Kier alpha value is -2.37. The van der Waals surface area contributed by atoms with Crippen LogP contribution in [-0.2, 0) is 9.59 Å². The van der Waals surface area contributed by atoms with E-state index in [0.717, 1.165) is 12.8 Å². The van der Waals surface area contributed by atoms with Gasteiger partial charge in [0.25, 0.3) is 5.91 Å². The van der Waals surface area contributed by atoms with E-state index in [2.05, 4.69) is 5.32 Å². The van der Waals surface area contributed by atoms with Gasteiger partial charge < -0.3 is 15.0 Å². The maximum Gasteiger partial charge on any atom is 0.263 e. The molecule has 1 unspecified atom stereocenters. The molecule has 1 heterocycles. The molecule has 1 saturated heterocycles. The number of ketones is 1.